The van der Waals surface area contributed by atoms with E-state index < -0.39 is 17.9 Å². The first-order valence-corrected chi connectivity index (χ1v) is 16.2. The standard InChI is InChI=1S/C32H57NO9/c1-2-28(34)26-42-24-23-41-22-21-33-30(36)20-19-27(32(39)40)25-29(35)17-15-13-11-9-7-5-3-4-6-8-10-12-14-16-18-31(37)38/h27H,2-26H2,1H3,(H,33,36)(H,37,38)(H,39,40)/t27-/m1/s1. The van der Waals surface area contributed by atoms with E-state index in [-0.39, 0.29) is 56.4 Å². The van der Waals surface area contributed by atoms with Crippen LogP contribution in [0.2, 0.25) is 0 Å². The number of carbonyl (C=O) groups is 5. The summed E-state index contributed by atoms with van der Waals surface area (Å²) in [5.41, 5.74) is 0. The van der Waals surface area contributed by atoms with E-state index in [2.05, 4.69) is 5.32 Å². The number of carbonyl (C=O) groups excluding carboxylic acids is 3. The molecule has 0 aliphatic carbocycles. The highest BCUT2D eigenvalue weighted by Crippen LogP contribution is 2.17. The topological polar surface area (TPSA) is 156 Å². The van der Waals surface area contributed by atoms with Crippen molar-refractivity contribution < 1.29 is 43.7 Å². The fourth-order valence-electron chi connectivity index (χ4n) is 4.57. The Labute approximate surface area is 252 Å². The average Bonchev–Trinajstić information content (AvgIpc) is 2.95. The van der Waals surface area contributed by atoms with Gasteiger partial charge in [0.05, 0.1) is 25.7 Å². The predicted octanol–water partition coefficient (Wildman–Crippen LogP) is 5.88. The highest BCUT2D eigenvalue weighted by atomic mass is 16.5. The van der Waals surface area contributed by atoms with Gasteiger partial charge < -0.3 is 25.0 Å². The molecule has 1 amide bonds. The zero-order valence-corrected chi connectivity index (χ0v) is 26.0. The molecule has 0 aliphatic rings. The van der Waals surface area contributed by atoms with Crippen LogP contribution >= 0.6 is 0 Å². The molecule has 0 aromatic carbocycles. The van der Waals surface area contributed by atoms with E-state index in [0.717, 1.165) is 44.9 Å². The number of Topliss-reactive ketones (excluding diaryl/α,β-unsaturated/α-hetero) is 2. The Morgan fingerprint density at radius 3 is 1.62 bits per heavy atom. The third-order valence-electron chi connectivity index (χ3n) is 7.24. The summed E-state index contributed by atoms with van der Waals surface area (Å²) < 4.78 is 10.5. The van der Waals surface area contributed by atoms with E-state index in [4.69, 9.17) is 14.6 Å². The summed E-state index contributed by atoms with van der Waals surface area (Å²) in [6.07, 6.45) is 16.8. The Morgan fingerprint density at radius 2 is 1.12 bits per heavy atom. The molecule has 0 bridgehead atoms. The number of nitrogens with one attached hydrogen (secondary N) is 1. The van der Waals surface area contributed by atoms with Crippen LogP contribution < -0.4 is 5.32 Å². The summed E-state index contributed by atoms with van der Waals surface area (Å²) in [6.45, 7) is 3.05. The van der Waals surface area contributed by atoms with Gasteiger partial charge in [0, 0.05) is 38.6 Å². The van der Waals surface area contributed by atoms with Crippen molar-refractivity contribution in [3.8, 4) is 0 Å². The Balaban J connectivity index is 3.66. The largest absolute Gasteiger partial charge is 0.481 e. The molecule has 1 atom stereocenters. The second kappa shape index (κ2) is 28.8. The number of carboxylic acids is 2. The fraction of sp³-hybridized carbons (Fsp3) is 0.844. The number of hydrogen-bond acceptors (Lipinski definition) is 7. The Hall–Kier alpha value is -2.33. The summed E-state index contributed by atoms with van der Waals surface area (Å²) in [4.78, 5) is 57.5. The highest BCUT2D eigenvalue weighted by Gasteiger charge is 2.22. The maximum atomic E-state index is 12.3. The molecule has 0 rings (SSSR count). The van der Waals surface area contributed by atoms with Crippen LogP contribution in [0.4, 0.5) is 0 Å². The van der Waals surface area contributed by atoms with Crippen molar-refractivity contribution in [3.63, 3.8) is 0 Å². The van der Waals surface area contributed by atoms with Crippen molar-refractivity contribution in [2.75, 3.05) is 33.0 Å². The van der Waals surface area contributed by atoms with Gasteiger partial charge in [0.2, 0.25) is 5.91 Å². The third kappa shape index (κ3) is 27.8. The van der Waals surface area contributed by atoms with Crippen molar-refractivity contribution in [2.24, 2.45) is 5.92 Å². The van der Waals surface area contributed by atoms with Gasteiger partial charge in [-0.3, -0.25) is 24.0 Å². The first-order chi connectivity index (χ1) is 20.3. The van der Waals surface area contributed by atoms with E-state index in [0.29, 0.717) is 32.6 Å². The van der Waals surface area contributed by atoms with Crippen molar-refractivity contribution >= 4 is 29.4 Å². The zero-order chi connectivity index (χ0) is 31.3. The summed E-state index contributed by atoms with van der Waals surface area (Å²) in [5, 5.41) is 20.8. The van der Waals surface area contributed by atoms with Crippen LogP contribution in [-0.4, -0.2) is 72.6 Å². The van der Waals surface area contributed by atoms with E-state index in [1.54, 1.807) is 6.92 Å². The second-order valence-electron chi connectivity index (χ2n) is 11.1. The molecule has 0 saturated carbocycles. The molecular formula is C32H57NO9. The normalized spacial score (nSPS) is 11.7. The number of hydrogen-bond donors (Lipinski definition) is 3. The average molecular weight is 600 g/mol. The minimum atomic E-state index is -1.04. The van der Waals surface area contributed by atoms with E-state index in [1.807, 2.05) is 0 Å². The van der Waals surface area contributed by atoms with Crippen LogP contribution in [0.1, 0.15) is 135 Å². The lowest BCUT2D eigenvalue weighted by molar-refractivity contribution is -0.144. The molecule has 0 saturated heterocycles. The maximum absolute atomic E-state index is 12.3. The number of unbranched alkanes of at least 4 members (excludes halogenated alkanes) is 13. The molecule has 3 N–H and O–H groups in total. The van der Waals surface area contributed by atoms with Gasteiger partial charge >= 0.3 is 11.9 Å². The molecule has 10 heteroatoms. The Kier molecular flexibility index (Phi) is 27.2. The van der Waals surface area contributed by atoms with Crippen LogP contribution in [0.25, 0.3) is 0 Å². The number of aliphatic carboxylic acids is 2. The molecule has 0 fully saturated rings. The molecule has 0 aromatic rings. The van der Waals surface area contributed by atoms with Crippen molar-refractivity contribution in [1.29, 1.82) is 0 Å². The summed E-state index contributed by atoms with van der Waals surface area (Å²) in [7, 11) is 0. The maximum Gasteiger partial charge on any atom is 0.306 e. The van der Waals surface area contributed by atoms with Crippen LogP contribution in [0, 0.1) is 5.92 Å². The molecule has 0 aromatic heterocycles. The molecule has 244 valence electrons. The van der Waals surface area contributed by atoms with Crippen LogP contribution in [-0.2, 0) is 33.4 Å². The van der Waals surface area contributed by atoms with Gasteiger partial charge in [0.1, 0.15) is 12.4 Å². The van der Waals surface area contributed by atoms with E-state index >= 15 is 0 Å². The van der Waals surface area contributed by atoms with E-state index in [9.17, 15) is 29.1 Å². The van der Waals surface area contributed by atoms with Gasteiger partial charge in [-0.1, -0.05) is 84.0 Å². The lowest BCUT2D eigenvalue weighted by Gasteiger charge is -2.12. The summed E-state index contributed by atoms with van der Waals surface area (Å²) in [6, 6.07) is 0. The highest BCUT2D eigenvalue weighted by molar-refractivity contribution is 5.84. The number of rotatable bonds is 32. The van der Waals surface area contributed by atoms with Gasteiger partial charge in [-0.15, -0.1) is 0 Å². The van der Waals surface area contributed by atoms with Crippen LogP contribution in [0.15, 0.2) is 0 Å². The molecule has 42 heavy (non-hydrogen) atoms. The van der Waals surface area contributed by atoms with Gasteiger partial charge in [0.25, 0.3) is 0 Å². The van der Waals surface area contributed by atoms with Crippen LogP contribution in [0.5, 0.6) is 0 Å². The molecule has 0 aliphatic heterocycles. The Morgan fingerprint density at radius 1 is 0.619 bits per heavy atom. The minimum absolute atomic E-state index is 0.0319. The summed E-state index contributed by atoms with van der Waals surface area (Å²) >= 11 is 0. The van der Waals surface area contributed by atoms with Crippen molar-refractivity contribution in [1.82, 2.24) is 5.32 Å². The Bertz CT molecular complexity index is 741. The molecule has 0 spiro atoms. The van der Waals surface area contributed by atoms with Crippen molar-refractivity contribution in [2.45, 2.75) is 135 Å². The molecule has 0 radical (unpaired) electrons. The number of ketones is 2. The van der Waals surface area contributed by atoms with Crippen LogP contribution in [0.3, 0.4) is 0 Å². The minimum Gasteiger partial charge on any atom is -0.481 e. The lowest BCUT2D eigenvalue weighted by Crippen LogP contribution is -2.29. The smallest absolute Gasteiger partial charge is 0.306 e. The molecule has 0 heterocycles. The first kappa shape index (κ1) is 39.7. The van der Waals surface area contributed by atoms with E-state index in [1.165, 1.54) is 44.9 Å². The van der Waals surface area contributed by atoms with Gasteiger partial charge in [-0.05, 0) is 19.3 Å². The fourth-order valence-corrected chi connectivity index (χ4v) is 4.57. The van der Waals surface area contributed by atoms with Gasteiger partial charge in [-0.25, -0.2) is 0 Å². The molecule has 0 unspecified atom stereocenters. The predicted molar refractivity (Wildman–Crippen MR) is 161 cm³/mol. The van der Waals surface area contributed by atoms with Gasteiger partial charge in [-0.2, -0.15) is 0 Å². The van der Waals surface area contributed by atoms with Gasteiger partial charge in [0.15, 0.2) is 5.78 Å². The molecular weight excluding hydrogens is 542 g/mol. The number of carboxylic acid groups (broad SMARTS) is 2. The lowest BCUT2D eigenvalue weighted by atomic mass is 9.94. The second-order valence-corrected chi connectivity index (χ2v) is 11.1. The number of amides is 1. The quantitative estimate of drug-likeness (QED) is 0.0803. The zero-order valence-electron chi connectivity index (χ0n) is 26.0. The molecule has 10 nitrogen and oxygen atoms in total. The first-order valence-electron chi connectivity index (χ1n) is 16.2. The third-order valence-corrected chi connectivity index (χ3v) is 7.24. The monoisotopic (exact) mass is 599 g/mol. The van der Waals surface area contributed by atoms with Crippen molar-refractivity contribution in [3.05, 3.63) is 0 Å². The SMILES string of the molecule is CCC(=O)COCCOCCNC(=O)CC[C@H](CC(=O)CCCCCCCCCCCCCCCCC(=O)O)C(=O)O. The number of ether oxygens (including phenoxy) is 2. The summed E-state index contributed by atoms with van der Waals surface area (Å²) in [5.74, 6) is -2.89.